The van der Waals surface area contributed by atoms with Gasteiger partial charge in [-0.25, -0.2) is 4.79 Å². The zero-order valence-corrected chi connectivity index (χ0v) is 16.5. The van der Waals surface area contributed by atoms with Gasteiger partial charge in [0.1, 0.15) is 11.6 Å². The molecule has 0 radical (unpaired) electrons. The Morgan fingerprint density at radius 3 is 2.56 bits per heavy atom. The molecule has 0 aromatic carbocycles. The van der Waals surface area contributed by atoms with Gasteiger partial charge < -0.3 is 20.0 Å². The third-order valence-corrected chi connectivity index (χ3v) is 3.74. The van der Waals surface area contributed by atoms with Gasteiger partial charge in [-0.15, -0.1) is 0 Å². The molecule has 0 spiro atoms. The Kier molecular flexibility index (Phi) is 5.71. The first-order chi connectivity index (χ1) is 11.2. The van der Waals surface area contributed by atoms with Gasteiger partial charge in [-0.3, -0.25) is 9.69 Å². The second-order valence-corrected chi connectivity index (χ2v) is 6.72. The Bertz CT molecular complexity index is 621. The van der Waals surface area contributed by atoms with Crippen molar-refractivity contribution in [3.8, 4) is 0 Å². The second kappa shape index (κ2) is 7.33. The maximum atomic E-state index is 12.4. The van der Waals surface area contributed by atoms with E-state index in [1.165, 1.54) is 11.3 Å². The zero-order valence-electron chi connectivity index (χ0n) is 14.1. The number of nitrogens with zero attached hydrogens (tertiary/aromatic N) is 1. The first kappa shape index (κ1) is 19.5. The summed E-state index contributed by atoms with van der Waals surface area (Å²) in [7, 11) is 0. The Morgan fingerprint density at radius 1 is 1.36 bits per heavy atom. The van der Waals surface area contributed by atoms with Gasteiger partial charge in [0.05, 0.1) is 6.04 Å². The number of aliphatic carboxylic acids is 1. The van der Waals surface area contributed by atoms with Crippen LogP contribution in [0.4, 0.5) is 4.79 Å². The Labute approximate surface area is 140 Å². The smallest absolute Gasteiger partial charge is 0.414 e. The first-order valence-electron chi connectivity index (χ1n) is 7.65. The molecule has 1 heterocycles. The number of carbonyl (C=O) groups is 2. The van der Waals surface area contributed by atoms with E-state index in [2.05, 4.69) is 5.32 Å². The zero-order chi connectivity index (χ0) is 17.9. The molecule has 0 saturated heterocycles. The number of fused-ring (bicyclic) bond motifs is 1. The van der Waals surface area contributed by atoms with E-state index in [9.17, 15) is 19.5 Å². The van der Waals surface area contributed by atoms with E-state index in [4.69, 9.17) is 4.74 Å². The summed E-state index contributed by atoms with van der Waals surface area (Å²) in [5, 5.41) is 11.3. The number of hydrogen-bond donors (Lipinski definition) is 2. The van der Waals surface area contributed by atoms with Crippen molar-refractivity contribution in [2.24, 2.45) is 5.92 Å². The van der Waals surface area contributed by atoms with Crippen molar-refractivity contribution in [2.45, 2.75) is 44.9 Å². The number of nitrogens with one attached hydrogen (secondary N) is 1. The fraction of sp³-hybridized carbons (Fsp3) is 0.471. The number of allylic oxidation sites excluding steroid dienone is 2. The van der Waals surface area contributed by atoms with Crippen molar-refractivity contribution < 1.29 is 24.2 Å². The van der Waals surface area contributed by atoms with Crippen molar-refractivity contribution in [2.75, 3.05) is 0 Å². The maximum absolute atomic E-state index is 12.4. The van der Waals surface area contributed by atoms with Crippen molar-refractivity contribution >= 4 is 18.5 Å². The molecule has 3 atom stereocenters. The summed E-state index contributed by atoms with van der Waals surface area (Å²) in [5.74, 6) is -1.29. The number of carbonyl (C=O) groups excluding carboxylic acids is 2. The van der Waals surface area contributed by atoms with Crippen LogP contribution >= 0.6 is 0 Å². The molecule has 0 saturated carbocycles. The molecule has 2 amide bonds. The largest absolute Gasteiger partial charge is 0.520 e. The van der Waals surface area contributed by atoms with Crippen LogP contribution in [-0.2, 0) is 14.3 Å². The summed E-state index contributed by atoms with van der Waals surface area (Å²) in [6.45, 7) is 5.35. The number of ether oxygens (including phenoxy) is 1. The Morgan fingerprint density at radius 2 is 2.00 bits per heavy atom. The van der Waals surface area contributed by atoms with Crippen molar-refractivity contribution in [1.29, 1.82) is 0 Å². The molecule has 3 unspecified atom stereocenters. The van der Waals surface area contributed by atoms with Gasteiger partial charge in [0.15, 0.2) is 0 Å². The summed E-state index contributed by atoms with van der Waals surface area (Å²) in [6, 6.07) is -1.35. The number of rotatable bonds is 5. The van der Waals surface area contributed by atoms with Crippen LogP contribution in [0.2, 0.25) is 0 Å². The van der Waals surface area contributed by atoms with Crippen LogP contribution in [-0.4, -0.2) is 46.2 Å². The van der Waals surface area contributed by atoms with E-state index in [0.29, 0.717) is 0 Å². The van der Waals surface area contributed by atoms with Gasteiger partial charge in [-0.2, -0.15) is 6.41 Å². The summed E-state index contributed by atoms with van der Waals surface area (Å²) in [5.41, 5.74) is 0.108. The molecule has 142 valence electrons. The van der Waals surface area contributed by atoms with E-state index in [-0.39, 0.29) is 18.4 Å². The van der Waals surface area contributed by atoms with E-state index in [1.54, 1.807) is 27.0 Å². The number of amides is 2. The van der Waals surface area contributed by atoms with Gasteiger partial charge in [-0.05, 0) is 32.8 Å². The normalized spacial score (nSPS) is 22.4. The third-order valence-electron chi connectivity index (χ3n) is 3.74. The van der Waals surface area contributed by atoms with Crippen molar-refractivity contribution in [1.82, 2.24) is 10.2 Å². The fourth-order valence-electron chi connectivity index (χ4n) is 2.74. The predicted molar refractivity (Wildman–Crippen MR) is 86.6 cm³/mol. The molecule has 2 aliphatic rings. The maximum Gasteiger partial charge on any atom is 0.414 e. The minimum absolute atomic E-state index is 0. The van der Waals surface area contributed by atoms with Crippen molar-refractivity contribution in [3.05, 3.63) is 36.1 Å². The molecule has 1 aliphatic heterocycles. The molecule has 7 nitrogen and oxygen atoms in total. The fourth-order valence-corrected chi connectivity index (χ4v) is 2.74. The molecule has 0 bridgehead atoms. The summed E-state index contributed by atoms with van der Waals surface area (Å²) < 4.78 is 5.41. The minimum Gasteiger partial charge on any atom is -0.520 e. The third kappa shape index (κ3) is 4.46. The first-order valence-corrected chi connectivity index (χ1v) is 7.65. The molecule has 2 rings (SSSR count). The van der Waals surface area contributed by atoms with Crippen molar-refractivity contribution in [3.63, 3.8) is 0 Å². The topological polar surface area (TPSA) is 95.9 Å². The molecular weight excluding hydrogens is 569 g/mol. The van der Waals surface area contributed by atoms with Gasteiger partial charge in [0, 0.05) is 12.1 Å². The predicted octanol–water partition coefficient (Wildman–Crippen LogP) is 1.73. The van der Waals surface area contributed by atoms with Crippen LogP contribution in [0, 0.1) is 5.92 Å². The molecule has 1 aliphatic carbocycles. The van der Waals surface area contributed by atoms with Gasteiger partial charge in [0.25, 0.3) is 0 Å². The van der Waals surface area contributed by atoms with E-state index in [1.807, 2.05) is 24.3 Å². The average Bonchev–Trinajstić information content (AvgIpc) is 2.84. The summed E-state index contributed by atoms with van der Waals surface area (Å²) in [6.07, 6.45) is 10.1. The second-order valence-electron chi connectivity index (χ2n) is 6.72. The van der Waals surface area contributed by atoms with Gasteiger partial charge in [-0.1, -0.05) is 24.3 Å². The molecule has 0 aromatic rings. The van der Waals surface area contributed by atoms with Crippen LogP contribution in [0.25, 0.3) is 0 Å². The number of carboxylic acids is 1. The van der Waals surface area contributed by atoms with Crippen LogP contribution in [0.15, 0.2) is 36.1 Å². The van der Waals surface area contributed by atoms with Crippen LogP contribution in [0.5, 0.6) is 0 Å². The van der Waals surface area contributed by atoms with Gasteiger partial charge in [0.2, 0.25) is 0 Å². The molecule has 0 aromatic heterocycles. The SMILES string of the molecule is CC(C)(C)OC(=O)N1C=C(CC(N[C-]=O)C(=O)O)C2C=CC=CC21.[Fm]. The summed E-state index contributed by atoms with van der Waals surface area (Å²) in [4.78, 5) is 35.6. The van der Waals surface area contributed by atoms with E-state index < -0.39 is 23.7 Å². The molecule has 8 heteroatoms. The number of carboxylic acid groups (broad SMARTS) is 1. The summed E-state index contributed by atoms with van der Waals surface area (Å²) >= 11 is 0. The van der Waals surface area contributed by atoms with Crippen LogP contribution in [0.3, 0.4) is 0 Å². The Hall–Kier alpha value is -3.57. The minimum atomic E-state index is -1.15. The molecule has 25 heavy (non-hydrogen) atoms. The quantitative estimate of drug-likeness (QED) is 0.376. The monoisotopic (exact) mass is 590 g/mol. The Balaban J connectivity index is 0.00000312. The standard InChI is InChI=1S/C17H21N2O5.Fm/c1-17(2,3)24-16(23)19-9-11(8-13(15(21)22)18-10-20)12-6-4-5-7-14(12)19;/h4-7,9,12-14H,8H2,1-3H3,(H,18,20)(H,21,22);/q-1;. The number of hydrogen-bond acceptors (Lipinski definition) is 4. The van der Waals surface area contributed by atoms with Crippen LogP contribution < -0.4 is 5.32 Å². The molecule has 2 N–H and O–H groups in total. The van der Waals surface area contributed by atoms with E-state index in [0.717, 1.165) is 5.57 Å². The van der Waals surface area contributed by atoms with E-state index >= 15 is 0 Å². The van der Waals surface area contributed by atoms with Crippen LogP contribution in [0.1, 0.15) is 27.2 Å². The molecular formula is C17H21FmN2O5-. The van der Waals surface area contributed by atoms with Gasteiger partial charge >= 0.3 is 12.1 Å². The molecule has 0 fully saturated rings. The average molecular weight is 590 g/mol.